The average molecular weight is 401 g/mol. The first-order valence-corrected chi connectivity index (χ1v) is 9.68. The van der Waals surface area contributed by atoms with E-state index in [1.165, 1.54) is 12.1 Å². The summed E-state index contributed by atoms with van der Waals surface area (Å²) in [6.45, 7) is 2.06. The third-order valence-corrected chi connectivity index (χ3v) is 4.81. The normalized spacial score (nSPS) is 11.8. The highest BCUT2D eigenvalue weighted by Gasteiger charge is 2.24. The molecular weight excluding hydrogens is 381 g/mol. The Labute approximate surface area is 173 Å². The van der Waals surface area contributed by atoms with Gasteiger partial charge in [-0.25, -0.2) is 4.39 Å². The molecule has 1 aromatic heterocycles. The maximum atomic E-state index is 13.4. The fraction of sp³-hybridized carbons (Fsp3) is 0.125. The molecule has 0 aliphatic heterocycles. The number of amides is 1. The maximum absolute atomic E-state index is 13.4. The van der Waals surface area contributed by atoms with Crippen molar-refractivity contribution in [3.05, 3.63) is 107 Å². The van der Waals surface area contributed by atoms with Crippen LogP contribution in [-0.4, -0.2) is 16.1 Å². The Hall–Kier alpha value is -3.80. The molecule has 150 valence electrons. The molecule has 0 radical (unpaired) electrons. The van der Waals surface area contributed by atoms with Crippen LogP contribution in [0.25, 0.3) is 11.5 Å². The minimum absolute atomic E-state index is 0.221. The van der Waals surface area contributed by atoms with Gasteiger partial charge < -0.3 is 9.73 Å². The molecule has 6 heteroatoms. The van der Waals surface area contributed by atoms with E-state index in [1.54, 1.807) is 24.3 Å². The average Bonchev–Trinajstić information content (AvgIpc) is 3.29. The molecule has 4 rings (SSSR count). The standard InChI is InChI=1S/C24H20FN3O2/c1-2-16-8-10-18(11-9-16)22(29)26-21(17-12-14-20(25)15-13-17)24-28-27-23(30-24)19-6-4-3-5-7-19/h3-15,21H,2H2,1H3,(H,26,29)/t21-/m1/s1. The number of aryl methyl sites for hydroxylation is 1. The van der Waals surface area contributed by atoms with Gasteiger partial charge in [0.2, 0.25) is 11.8 Å². The van der Waals surface area contributed by atoms with E-state index in [9.17, 15) is 9.18 Å². The lowest BCUT2D eigenvalue weighted by Gasteiger charge is -2.16. The number of rotatable bonds is 6. The van der Waals surface area contributed by atoms with Crippen molar-refractivity contribution in [2.75, 3.05) is 0 Å². The molecule has 0 saturated heterocycles. The van der Waals surface area contributed by atoms with Crippen molar-refractivity contribution in [3.63, 3.8) is 0 Å². The van der Waals surface area contributed by atoms with E-state index >= 15 is 0 Å². The van der Waals surface area contributed by atoms with Crippen molar-refractivity contribution in [2.45, 2.75) is 19.4 Å². The zero-order chi connectivity index (χ0) is 20.9. The van der Waals surface area contributed by atoms with Gasteiger partial charge >= 0.3 is 0 Å². The van der Waals surface area contributed by atoms with Crippen LogP contribution < -0.4 is 5.32 Å². The van der Waals surface area contributed by atoms with Gasteiger partial charge in [-0.1, -0.05) is 49.4 Å². The first-order valence-electron chi connectivity index (χ1n) is 9.68. The predicted molar refractivity (Wildman–Crippen MR) is 111 cm³/mol. The number of hydrogen-bond acceptors (Lipinski definition) is 4. The zero-order valence-corrected chi connectivity index (χ0v) is 16.4. The van der Waals surface area contributed by atoms with Crippen molar-refractivity contribution in [2.24, 2.45) is 0 Å². The number of carbonyl (C=O) groups is 1. The highest BCUT2D eigenvalue weighted by atomic mass is 19.1. The SMILES string of the molecule is CCc1ccc(C(=O)N[C@H](c2ccc(F)cc2)c2nnc(-c3ccccc3)o2)cc1. The van der Waals surface area contributed by atoms with E-state index in [-0.39, 0.29) is 17.6 Å². The number of benzene rings is 3. The number of halogens is 1. The largest absolute Gasteiger partial charge is 0.418 e. The van der Waals surface area contributed by atoms with Crippen molar-refractivity contribution in [3.8, 4) is 11.5 Å². The maximum Gasteiger partial charge on any atom is 0.252 e. The Kier molecular flexibility index (Phi) is 5.66. The van der Waals surface area contributed by atoms with E-state index in [1.807, 2.05) is 42.5 Å². The fourth-order valence-electron chi connectivity index (χ4n) is 3.10. The van der Waals surface area contributed by atoms with Gasteiger partial charge in [-0.3, -0.25) is 4.79 Å². The first kappa shape index (κ1) is 19.5. The molecule has 30 heavy (non-hydrogen) atoms. The highest BCUT2D eigenvalue weighted by Crippen LogP contribution is 2.25. The van der Waals surface area contributed by atoms with Gasteiger partial charge in [-0.2, -0.15) is 0 Å². The van der Waals surface area contributed by atoms with Gasteiger partial charge in [0, 0.05) is 11.1 Å². The molecule has 1 N–H and O–H groups in total. The fourth-order valence-corrected chi connectivity index (χ4v) is 3.10. The topological polar surface area (TPSA) is 68.0 Å². The van der Waals surface area contributed by atoms with Crippen molar-refractivity contribution in [1.29, 1.82) is 0 Å². The van der Waals surface area contributed by atoms with Gasteiger partial charge in [-0.05, 0) is 53.9 Å². The molecule has 0 unspecified atom stereocenters. The Balaban J connectivity index is 1.65. The minimum Gasteiger partial charge on any atom is -0.418 e. The predicted octanol–water partition coefficient (Wildman–Crippen LogP) is 4.96. The number of hydrogen-bond donors (Lipinski definition) is 1. The van der Waals surface area contributed by atoms with Crippen molar-refractivity contribution < 1.29 is 13.6 Å². The third kappa shape index (κ3) is 4.27. The van der Waals surface area contributed by atoms with Crippen LogP contribution in [0.1, 0.15) is 40.3 Å². The molecular formula is C24H20FN3O2. The van der Waals surface area contributed by atoms with E-state index in [2.05, 4.69) is 22.4 Å². The molecule has 3 aromatic carbocycles. The quantitative estimate of drug-likeness (QED) is 0.496. The Morgan fingerprint density at radius 3 is 2.33 bits per heavy atom. The van der Waals surface area contributed by atoms with Gasteiger partial charge in [-0.15, -0.1) is 10.2 Å². The van der Waals surface area contributed by atoms with Crippen LogP contribution in [0.15, 0.2) is 83.3 Å². The lowest BCUT2D eigenvalue weighted by molar-refractivity contribution is 0.0938. The summed E-state index contributed by atoms with van der Waals surface area (Å²) >= 11 is 0. The van der Waals surface area contributed by atoms with E-state index < -0.39 is 6.04 Å². The van der Waals surface area contributed by atoms with Crippen LogP contribution in [0.5, 0.6) is 0 Å². The molecule has 1 heterocycles. The van der Waals surface area contributed by atoms with Crippen LogP contribution >= 0.6 is 0 Å². The lowest BCUT2D eigenvalue weighted by atomic mass is 10.1. The van der Waals surface area contributed by atoms with Crippen molar-refractivity contribution in [1.82, 2.24) is 15.5 Å². The smallest absolute Gasteiger partial charge is 0.252 e. The van der Waals surface area contributed by atoms with Crippen LogP contribution in [-0.2, 0) is 6.42 Å². The number of nitrogens with zero attached hydrogens (tertiary/aromatic N) is 2. The van der Waals surface area contributed by atoms with Gasteiger partial charge in [0.05, 0.1) is 0 Å². The number of nitrogens with one attached hydrogen (secondary N) is 1. The van der Waals surface area contributed by atoms with E-state index in [4.69, 9.17) is 4.42 Å². The lowest BCUT2D eigenvalue weighted by Crippen LogP contribution is -2.29. The molecule has 4 aromatic rings. The Bertz CT molecular complexity index is 1120. The molecule has 1 atom stereocenters. The minimum atomic E-state index is -0.714. The van der Waals surface area contributed by atoms with Crippen LogP contribution in [0, 0.1) is 5.82 Å². The molecule has 0 aliphatic rings. The monoisotopic (exact) mass is 401 g/mol. The van der Waals surface area contributed by atoms with Crippen LogP contribution in [0.4, 0.5) is 4.39 Å². The summed E-state index contributed by atoms with van der Waals surface area (Å²) in [6.07, 6.45) is 0.893. The number of aromatic nitrogens is 2. The molecule has 0 spiro atoms. The van der Waals surface area contributed by atoms with Gasteiger partial charge in [0.15, 0.2) is 0 Å². The van der Waals surface area contributed by atoms with E-state index in [0.29, 0.717) is 17.0 Å². The van der Waals surface area contributed by atoms with Crippen molar-refractivity contribution >= 4 is 5.91 Å². The van der Waals surface area contributed by atoms with E-state index in [0.717, 1.165) is 17.5 Å². The summed E-state index contributed by atoms with van der Waals surface area (Å²) in [5.74, 6) is -0.0841. The molecule has 1 amide bonds. The first-order chi connectivity index (χ1) is 14.6. The van der Waals surface area contributed by atoms with Gasteiger partial charge in [0.1, 0.15) is 11.9 Å². The van der Waals surface area contributed by atoms with Crippen LogP contribution in [0.2, 0.25) is 0 Å². The molecule has 5 nitrogen and oxygen atoms in total. The second kappa shape index (κ2) is 8.69. The third-order valence-electron chi connectivity index (χ3n) is 4.81. The molecule has 0 bridgehead atoms. The molecule has 0 fully saturated rings. The summed E-state index contributed by atoms with van der Waals surface area (Å²) in [5.41, 5.74) is 3.07. The van der Waals surface area contributed by atoms with Crippen LogP contribution in [0.3, 0.4) is 0 Å². The second-order valence-corrected chi connectivity index (χ2v) is 6.82. The highest BCUT2D eigenvalue weighted by molar-refractivity contribution is 5.94. The zero-order valence-electron chi connectivity index (χ0n) is 16.4. The summed E-state index contributed by atoms with van der Waals surface area (Å²) in [6, 6.07) is 21.9. The Morgan fingerprint density at radius 2 is 1.67 bits per heavy atom. The number of carbonyl (C=O) groups excluding carboxylic acids is 1. The summed E-state index contributed by atoms with van der Waals surface area (Å²) in [5, 5.41) is 11.2. The van der Waals surface area contributed by atoms with Gasteiger partial charge in [0.25, 0.3) is 5.91 Å². The Morgan fingerprint density at radius 1 is 0.967 bits per heavy atom. The molecule has 0 aliphatic carbocycles. The summed E-state index contributed by atoms with van der Waals surface area (Å²) in [4.78, 5) is 12.9. The molecule has 0 saturated carbocycles. The summed E-state index contributed by atoms with van der Waals surface area (Å²) in [7, 11) is 0. The second-order valence-electron chi connectivity index (χ2n) is 6.82. The summed E-state index contributed by atoms with van der Waals surface area (Å²) < 4.78 is 19.3.